The van der Waals surface area contributed by atoms with Crippen molar-refractivity contribution in [1.29, 1.82) is 0 Å². The van der Waals surface area contributed by atoms with Gasteiger partial charge in [-0.3, -0.25) is 4.79 Å². The number of amides is 2. The minimum absolute atomic E-state index is 0.0134. The molecule has 1 aromatic carbocycles. The first-order chi connectivity index (χ1) is 19.5. The van der Waals surface area contributed by atoms with Gasteiger partial charge in [-0.05, 0) is 63.6 Å². The maximum absolute atomic E-state index is 13.6. The Bertz CT molecular complexity index is 1350. The number of hydrogen-bond acceptors (Lipinski definition) is 6. The van der Waals surface area contributed by atoms with E-state index >= 15 is 0 Å². The second-order valence-corrected chi connectivity index (χ2v) is 13.9. The Hall–Kier alpha value is -2.86. The van der Waals surface area contributed by atoms with E-state index in [1.165, 1.54) is 17.4 Å². The van der Waals surface area contributed by atoms with Gasteiger partial charge in [0.25, 0.3) is 5.91 Å². The summed E-state index contributed by atoms with van der Waals surface area (Å²) in [4.78, 5) is 33.2. The number of carbonyl (C=O) groups is 2. The molecular weight excluding hydrogens is 571 g/mol. The van der Waals surface area contributed by atoms with E-state index in [4.69, 9.17) is 14.2 Å². The predicted molar refractivity (Wildman–Crippen MR) is 153 cm³/mol. The third-order valence-corrected chi connectivity index (χ3v) is 8.48. The first-order valence-electron chi connectivity index (χ1n) is 14.2. The zero-order chi connectivity index (χ0) is 30.9. The summed E-state index contributed by atoms with van der Waals surface area (Å²) in [7, 11) is 0. The van der Waals surface area contributed by atoms with Gasteiger partial charge in [0.15, 0.2) is 4.80 Å². The van der Waals surface area contributed by atoms with Crippen molar-refractivity contribution in [2.24, 2.45) is 10.9 Å². The summed E-state index contributed by atoms with van der Waals surface area (Å²) in [5, 5.41) is 0. The van der Waals surface area contributed by atoms with Crippen LogP contribution in [-0.2, 0) is 27.6 Å². The molecule has 0 saturated carbocycles. The number of rotatable bonds is 6. The maximum Gasteiger partial charge on any atom is 0.416 e. The molecule has 2 atom stereocenters. The molecule has 2 aliphatic heterocycles. The molecule has 2 amide bonds. The average molecular weight is 612 g/mol. The van der Waals surface area contributed by atoms with Crippen LogP contribution in [0, 0.1) is 5.92 Å². The van der Waals surface area contributed by atoms with Crippen LogP contribution in [0.5, 0.6) is 5.75 Å². The molecule has 12 heteroatoms. The SMILES string of the molecule is CC(C)(C)OC(=O)N1CC[C@H](COc2ccc(C(F)(F)F)cc2C(=O)N=c2sc(C(C)(C)C)cn2C[C@H]2CCCO2)C1. The first kappa shape index (κ1) is 32.1. The number of hydrogen-bond donors (Lipinski definition) is 0. The van der Waals surface area contributed by atoms with Crippen LogP contribution in [0.1, 0.15) is 81.6 Å². The summed E-state index contributed by atoms with van der Waals surface area (Å²) in [5.74, 6) is -0.869. The van der Waals surface area contributed by atoms with Crippen molar-refractivity contribution >= 4 is 23.3 Å². The van der Waals surface area contributed by atoms with Crippen LogP contribution in [0.3, 0.4) is 0 Å². The van der Waals surface area contributed by atoms with Crippen molar-refractivity contribution in [3.05, 3.63) is 45.2 Å². The topological polar surface area (TPSA) is 82.4 Å². The fourth-order valence-corrected chi connectivity index (χ4v) is 5.82. The third-order valence-electron chi connectivity index (χ3n) is 7.03. The molecule has 232 valence electrons. The number of halogens is 3. The highest BCUT2D eigenvalue weighted by Crippen LogP contribution is 2.34. The van der Waals surface area contributed by atoms with Crippen molar-refractivity contribution in [1.82, 2.24) is 9.47 Å². The standard InChI is InChI=1S/C30H40F3N3O5S/c1-28(2,3)24-17-36(16-21-8-7-13-39-21)26(42-24)34-25(37)22-14-20(30(31,32)33)9-10-23(22)40-18-19-11-12-35(15-19)27(38)41-29(4,5)6/h9-10,14,17,19,21H,7-8,11-13,15-16,18H2,1-6H3/t19-,21+/m0/s1. The quantitative estimate of drug-likeness (QED) is 0.377. The normalized spacial score (nSPS) is 20.3. The van der Waals surface area contributed by atoms with Crippen LogP contribution in [-0.4, -0.2) is 59.5 Å². The first-order valence-corrected chi connectivity index (χ1v) is 15.0. The van der Waals surface area contributed by atoms with Crippen molar-refractivity contribution in [2.45, 2.75) is 90.6 Å². The summed E-state index contributed by atoms with van der Waals surface area (Å²) in [6.07, 6.45) is -0.653. The highest BCUT2D eigenvalue weighted by molar-refractivity contribution is 7.09. The molecule has 2 aliphatic rings. The molecular formula is C30H40F3N3O5S. The van der Waals surface area contributed by atoms with Gasteiger partial charge in [0.2, 0.25) is 0 Å². The van der Waals surface area contributed by atoms with Crippen LogP contribution >= 0.6 is 11.3 Å². The fourth-order valence-electron chi connectivity index (χ4n) is 4.77. The second kappa shape index (κ2) is 12.4. The van der Waals surface area contributed by atoms with Crippen LogP contribution in [0.15, 0.2) is 29.4 Å². The molecule has 0 aliphatic carbocycles. The van der Waals surface area contributed by atoms with Gasteiger partial charge in [-0.1, -0.05) is 20.8 Å². The second-order valence-electron chi connectivity index (χ2n) is 12.9. The Morgan fingerprint density at radius 3 is 2.48 bits per heavy atom. The summed E-state index contributed by atoms with van der Waals surface area (Å²) in [6, 6.07) is 2.86. The number of carbonyl (C=O) groups excluding carboxylic acids is 2. The van der Waals surface area contributed by atoms with E-state index in [-0.39, 0.29) is 35.4 Å². The van der Waals surface area contributed by atoms with Gasteiger partial charge in [-0.15, -0.1) is 11.3 Å². The molecule has 0 N–H and O–H groups in total. The van der Waals surface area contributed by atoms with Crippen molar-refractivity contribution in [3.63, 3.8) is 0 Å². The molecule has 8 nitrogen and oxygen atoms in total. The van der Waals surface area contributed by atoms with E-state index in [0.717, 1.165) is 29.9 Å². The van der Waals surface area contributed by atoms with E-state index in [0.29, 0.717) is 37.5 Å². The van der Waals surface area contributed by atoms with E-state index in [9.17, 15) is 22.8 Å². The number of likely N-dealkylation sites (tertiary alicyclic amines) is 1. The fraction of sp³-hybridized carbons (Fsp3) is 0.633. The number of aromatic nitrogens is 1. The van der Waals surface area contributed by atoms with Crippen molar-refractivity contribution in [2.75, 3.05) is 26.3 Å². The molecule has 0 spiro atoms. The Morgan fingerprint density at radius 1 is 1.12 bits per heavy atom. The maximum atomic E-state index is 13.6. The predicted octanol–water partition coefficient (Wildman–Crippen LogP) is 6.42. The summed E-state index contributed by atoms with van der Waals surface area (Å²) >= 11 is 1.34. The molecule has 2 aromatic rings. The molecule has 0 bridgehead atoms. The average Bonchev–Trinajstić information content (AvgIpc) is 3.63. The largest absolute Gasteiger partial charge is 0.492 e. The van der Waals surface area contributed by atoms with Crippen molar-refractivity contribution < 1.29 is 37.0 Å². The van der Waals surface area contributed by atoms with Gasteiger partial charge >= 0.3 is 12.3 Å². The Balaban J connectivity index is 1.59. The molecule has 2 saturated heterocycles. The monoisotopic (exact) mass is 611 g/mol. The number of nitrogens with zero attached hydrogens (tertiary/aromatic N) is 3. The third kappa shape index (κ3) is 8.37. The Morgan fingerprint density at radius 2 is 1.86 bits per heavy atom. The lowest BCUT2D eigenvalue weighted by atomic mass is 9.95. The van der Waals surface area contributed by atoms with Crippen LogP contribution in [0.25, 0.3) is 0 Å². The van der Waals surface area contributed by atoms with Gasteiger partial charge in [-0.2, -0.15) is 18.2 Å². The van der Waals surface area contributed by atoms with Crippen LogP contribution < -0.4 is 9.54 Å². The summed E-state index contributed by atoms with van der Waals surface area (Å²) in [6.45, 7) is 13.7. The molecule has 42 heavy (non-hydrogen) atoms. The Labute approximate surface area is 248 Å². The molecule has 0 radical (unpaired) electrons. The summed E-state index contributed by atoms with van der Waals surface area (Å²) < 4.78 is 59.9. The van der Waals surface area contributed by atoms with E-state index in [2.05, 4.69) is 4.99 Å². The number of benzene rings is 1. The minimum atomic E-state index is -4.64. The van der Waals surface area contributed by atoms with Gasteiger partial charge in [0.1, 0.15) is 11.4 Å². The summed E-state index contributed by atoms with van der Waals surface area (Å²) in [5.41, 5.74) is -2.05. The molecule has 3 heterocycles. The smallest absolute Gasteiger partial charge is 0.416 e. The van der Waals surface area contributed by atoms with Gasteiger partial charge < -0.3 is 23.7 Å². The molecule has 0 unspecified atom stereocenters. The molecule has 1 aromatic heterocycles. The zero-order valence-electron chi connectivity index (χ0n) is 25.0. The molecule has 2 fully saturated rings. The van der Waals surface area contributed by atoms with E-state index < -0.39 is 29.3 Å². The highest BCUT2D eigenvalue weighted by Gasteiger charge is 2.33. The zero-order valence-corrected chi connectivity index (χ0v) is 25.9. The van der Waals surface area contributed by atoms with E-state index in [1.807, 2.05) is 31.5 Å². The Kier molecular flexibility index (Phi) is 9.46. The lowest BCUT2D eigenvalue weighted by Gasteiger charge is -2.24. The van der Waals surface area contributed by atoms with Crippen LogP contribution in [0.2, 0.25) is 0 Å². The molecule has 4 rings (SSSR count). The van der Waals surface area contributed by atoms with Crippen molar-refractivity contribution in [3.8, 4) is 5.75 Å². The van der Waals surface area contributed by atoms with Gasteiger partial charge in [0, 0.05) is 36.7 Å². The minimum Gasteiger partial charge on any atom is -0.492 e. The number of thiazole rings is 1. The van der Waals surface area contributed by atoms with Gasteiger partial charge in [0.05, 0.1) is 30.4 Å². The number of ether oxygens (including phenoxy) is 3. The van der Waals surface area contributed by atoms with Gasteiger partial charge in [-0.25, -0.2) is 4.79 Å². The number of alkyl halides is 3. The lowest BCUT2D eigenvalue weighted by molar-refractivity contribution is -0.137. The van der Waals surface area contributed by atoms with E-state index in [1.54, 1.807) is 25.7 Å². The lowest BCUT2D eigenvalue weighted by Crippen LogP contribution is -2.35. The highest BCUT2D eigenvalue weighted by atomic mass is 32.1. The van der Waals surface area contributed by atoms with Crippen LogP contribution in [0.4, 0.5) is 18.0 Å².